The average Bonchev–Trinajstić information content (AvgIpc) is 1.64. The minimum Gasteiger partial charge on any atom is -0.508 e. The van der Waals surface area contributed by atoms with E-state index in [1.165, 1.54) is 29.2 Å². The van der Waals surface area contributed by atoms with Crippen molar-refractivity contribution in [1.29, 1.82) is 0 Å². The SMILES string of the molecule is CCc1c2c(cc3ccc(O)cc13)-c1cc3c(c(=O)n1C2)COC(=O)[C@@]3(CC)OC(=O)OCc1ccc(OC(=O)[C@H](CCCCN)NC(=O)C(Cc2ccccc2)OC(=O)COCC(=O)NCCOCCOCCOCCOCCOCCOCCOCCOCCn2cc(COC(=O)C3CCC(CN4C(=O)CC(C)C4=O)CC3)nn2)cc1. The number of aromatic nitrogens is 4. The van der Waals surface area contributed by atoms with Gasteiger partial charge in [0.15, 0.2) is 6.10 Å². The van der Waals surface area contributed by atoms with Crippen LogP contribution in [0.25, 0.3) is 22.0 Å². The number of cyclic esters (lactones) is 1. The zero-order chi connectivity index (χ0) is 83.6. The Labute approximate surface area is 683 Å². The molecule has 2 unspecified atom stereocenters. The second-order valence-corrected chi connectivity index (χ2v) is 28.9. The second-order valence-electron chi connectivity index (χ2n) is 28.9. The van der Waals surface area contributed by atoms with Gasteiger partial charge in [-0.2, -0.15) is 0 Å². The Kier molecular flexibility index (Phi) is 35.8. The van der Waals surface area contributed by atoms with Crippen molar-refractivity contribution in [3.05, 3.63) is 141 Å². The lowest BCUT2D eigenvalue weighted by Crippen LogP contribution is -2.49. The van der Waals surface area contributed by atoms with Crippen molar-refractivity contribution >= 4 is 64.4 Å². The number of nitrogens with zero attached hydrogens (tertiary/aromatic N) is 5. The smallest absolute Gasteiger partial charge is 0.508 e. The van der Waals surface area contributed by atoms with Gasteiger partial charge in [-0.3, -0.25) is 33.7 Å². The van der Waals surface area contributed by atoms with Crippen LogP contribution in [-0.4, -0.2) is 234 Å². The van der Waals surface area contributed by atoms with Crippen molar-refractivity contribution in [1.82, 2.24) is 35.1 Å². The number of benzene rings is 4. The Hall–Kier alpha value is -10.1. The number of ether oxygens (including phenoxy) is 15. The molecule has 1 saturated heterocycles. The molecule has 3 aliphatic heterocycles. The maximum atomic E-state index is 14.2. The molecule has 34 heteroatoms. The van der Waals surface area contributed by atoms with Gasteiger partial charge in [-0.25, -0.2) is 23.9 Å². The molecular weight excluding hydrogens is 1540 g/mol. The van der Waals surface area contributed by atoms with Crippen molar-refractivity contribution in [2.45, 2.75) is 142 Å². The molecule has 5 heterocycles. The number of nitrogens with two attached hydrogens (primary N) is 1. The molecule has 4 aliphatic rings. The van der Waals surface area contributed by atoms with Gasteiger partial charge in [0, 0.05) is 43.0 Å². The average molecular weight is 1650 g/mol. The van der Waals surface area contributed by atoms with Crippen LogP contribution in [0.3, 0.4) is 0 Å². The highest BCUT2D eigenvalue weighted by atomic mass is 16.7. The number of fused-ring (bicyclic) bond motifs is 5. The second kappa shape index (κ2) is 46.9. The van der Waals surface area contributed by atoms with E-state index >= 15 is 0 Å². The number of aryl methyl sites for hydroxylation is 1. The number of carbonyl (C=O) groups excluding carboxylic acids is 9. The predicted octanol–water partition coefficient (Wildman–Crippen LogP) is 5.79. The number of amides is 4. The summed E-state index contributed by atoms with van der Waals surface area (Å²) in [4.78, 5) is 134. The van der Waals surface area contributed by atoms with Gasteiger partial charge in [0.05, 0.1) is 142 Å². The van der Waals surface area contributed by atoms with E-state index in [4.69, 9.17) is 76.8 Å². The molecule has 5 N–H and O–H groups in total. The first-order chi connectivity index (χ1) is 57.3. The summed E-state index contributed by atoms with van der Waals surface area (Å²) < 4.78 is 86.8. The normalized spacial score (nSPS) is 17.3. The van der Waals surface area contributed by atoms with Gasteiger partial charge >= 0.3 is 30.0 Å². The van der Waals surface area contributed by atoms with Crippen LogP contribution in [0.2, 0.25) is 0 Å². The van der Waals surface area contributed by atoms with Gasteiger partial charge in [-0.1, -0.05) is 74.5 Å². The number of imide groups is 1. The molecule has 10 rings (SSSR count). The first kappa shape index (κ1) is 90.2. The molecule has 1 saturated carbocycles. The number of hydrogen-bond acceptors (Lipinski definition) is 29. The molecule has 4 atom stereocenters. The van der Waals surface area contributed by atoms with Crippen LogP contribution in [0.5, 0.6) is 11.5 Å². The standard InChI is InChI=1S/C84H108N8O26/c1-4-65-66-46-63(93)21-20-61(66)45-67-68(65)50-91-72(67)47-70-69(79(91)99)53-114-82(102)84(70,5-2)118-83(103)115-51-59-16-22-64(23-17-59)116-81(101)71(13-9-10-24-85)87-77(97)73(44-57-11-7-6-8-12-57)117-76(96)55-112-54-74(94)86-25-27-104-29-31-106-33-35-108-37-39-110-41-42-111-40-38-109-36-34-107-32-30-105-28-26-90-49-62(88-89-90)52-113-80(100)60-18-14-58(15-19-60)48-92-75(95)43-56(3)78(92)98/h6-8,11-12,16-17,20-23,45-47,49,56,58,60,71,73,93H,4-5,9-10,13-15,18-19,24-44,48,50-55,85H2,1-3H3,(H,86,94)(H,87,97)/t56?,58?,60?,71-,73?,84-/m0/s1. The lowest BCUT2D eigenvalue weighted by molar-refractivity contribution is -0.175. The number of hydrogen-bond donors (Lipinski definition) is 4. The van der Waals surface area contributed by atoms with Crippen molar-refractivity contribution in [3.8, 4) is 22.8 Å². The van der Waals surface area contributed by atoms with E-state index in [9.17, 15) is 53.1 Å². The monoisotopic (exact) mass is 1640 g/mol. The molecule has 2 fully saturated rings. The van der Waals surface area contributed by atoms with Crippen LogP contribution in [0.1, 0.15) is 118 Å². The van der Waals surface area contributed by atoms with E-state index in [0.29, 0.717) is 167 Å². The van der Waals surface area contributed by atoms with Crippen molar-refractivity contribution in [2.75, 3.05) is 139 Å². The predicted molar refractivity (Wildman–Crippen MR) is 420 cm³/mol. The summed E-state index contributed by atoms with van der Waals surface area (Å²) in [6, 6.07) is 22.3. The molecule has 118 heavy (non-hydrogen) atoms. The molecule has 0 bridgehead atoms. The summed E-state index contributed by atoms with van der Waals surface area (Å²) in [5.74, 6) is -4.50. The lowest BCUT2D eigenvalue weighted by Gasteiger charge is -2.35. The first-order valence-electron chi connectivity index (χ1n) is 40.3. The summed E-state index contributed by atoms with van der Waals surface area (Å²) in [7, 11) is 0. The minimum atomic E-state index is -2.02. The van der Waals surface area contributed by atoms with Gasteiger partial charge in [-0.15, -0.1) is 5.10 Å². The van der Waals surface area contributed by atoms with Gasteiger partial charge in [0.1, 0.15) is 56.3 Å². The minimum absolute atomic E-state index is 0.0277. The molecule has 2 aromatic heterocycles. The molecule has 4 aromatic carbocycles. The highest BCUT2D eigenvalue weighted by Crippen LogP contribution is 2.44. The fourth-order valence-electron chi connectivity index (χ4n) is 14.3. The number of phenols is 1. The molecular formula is C84H108N8O26. The summed E-state index contributed by atoms with van der Waals surface area (Å²) in [5.41, 5.74) is 8.58. The van der Waals surface area contributed by atoms with Gasteiger partial charge in [0.2, 0.25) is 23.3 Å². The number of carbonyl (C=O) groups is 9. The molecule has 1 aliphatic carbocycles. The van der Waals surface area contributed by atoms with Crippen LogP contribution in [0, 0.1) is 17.8 Å². The third kappa shape index (κ3) is 26.4. The molecule has 6 aromatic rings. The zero-order valence-corrected chi connectivity index (χ0v) is 67.2. The van der Waals surface area contributed by atoms with Crippen LogP contribution in [0.15, 0.2) is 95.9 Å². The molecule has 4 amide bonds. The largest absolute Gasteiger partial charge is 0.510 e. The van der Waals surface area contributed by atoms with E-state index in [1.54, 1.807) is 83.9 Å². The summed E-state index contributed by atoms with van der Waals surface area (Å²) in [6.07, 6.45) is 3.71. The molecule has 640 valence electrons. The van der Waals surface area contributed by atoms with Crippen LogP contribution in [-0.2, 0) is 156 Å². The number of pyridine rings is 1. The fraction of sp³-hybridized carbons (Fsp3) is 0.548. The summed E-state index contributed by atoms with van der Waals surface area (Å²) >= 11 is 0. The highest BCUT2D eigenvalue weighted by molar-refractivity contribution is 6.03. The fourth-order valence-corrected chi connectivity index (χ4v) is 14.3. The first-order valence-corrected chi connectivity index (χ1v) is 40.3. The Morgan fingerprint density at radius 3 is 1.98 bits per heavy atom. The number of esters is 4. The summed E-state index contributed by atoms with van der Waals surface area (Å²) in [6.45, 7) is 11.0. The Morgan fingerprint density at radius 2 is 1.36 bits per heavy atom. The van der Waals surface area contributed by atoms with E-state index in [2.05, 4.69) is 20.9 Å². The number of nitrogens with one attached hydrogen (secondary N) is 2. The quantitative estimate of drug-likeness (QED) is 0.0115. The molecule has 0 spiro atoms. The number of rotatable bonds is 52. The Morgan fingerprint density at radius 1 is 0.703 bits per heavy atom. The van der Waals surface area contributed by atoms with E-state index < -0.39 is 72.4 Å². The van der Waals surface area contributed by atoms with Crippen molar-refractivity contribution < 1.29 is 119 Å². The van der Waals surface area contributed by atoms with Gasteiger partial charge in [0.25, 0.3) is 11.5 Å². The zero-order valence-electron chi connectivity index (χ0n) is 67.2. The van der Waals surface area contributed by atoms with Crippen LogP contribution in [0.4, 0.5) is 4.79 Å². The maximum absolute atomic E-state index is 14.2. The lowest BCUT2D eigenvalue weighted by atomic mass is 9.82. The van der Waals surface area contributed by atoms with Gasteiger partial charge in [-0.05, 0) is 140 Å². The summed E-state index contributed by atoms with van der Waals surface area (Å²) in [5, 5.41) is 25.5. The van der Waals surface area contributed by atoms with Crippen molar-refractivity contribution in [2.24, 2.45) is 23.5 Å². The highest BCUT2D eigenvalue weighted by Gasteiger charge is 2.51. The number of unbranched alkanes of at least 4 members (excludes halogenated alkanes) is 1. The van der Waals surface area contributed by atoms with E-state index in [-0.39, 0.29) is 130 Å². The maximum Gasteiger partial charge on any atom is 0.510 e. The van der Waals surface area contributed by atoms with E-state index in [1.807, 2.05) is 13.0 Å². The van der Waals surface area contributed by atoms with Crippen LogP contribution >= 0.6 is 0 Å². The third-order valence-electron chi connectivity index (χ3n) is 20.6. The number of aromatic hydroxyl groups is 1. The Balaban J connectivity index is 0.520. The van der Waals surface area contributed by atoms with Crippen LogP contribution < -0.4 is 26.7 Å². The third-order valence-corrected chi connectivity index (χ3v) is 20.6. The molecule has 0 radical (unpaired) electrons. The number of phenolic OH excluding ortho intramolecular Hbond substituents is 1. The van der Waals surface area contributed by atoms with E-state index in [0.717, 1.165) is 40.3 Å². The number of likely N-dealkylation sites (tertiary alicyclic amines) is 1. The van der Waals surface area contributed by atoms with Gasteiger partial charge < -0.3 is 97.1 Å². The molecule has 34 nitrogen and oxygen atoms in total. The topological polar surface area (TPSA) is 418 Å². The van der Waals surface area contributed by atoms with Crippen molar-refractivity contribution in [3.63, 3.8) is 0 Å². The Bertz CT molecular complexity index is 4380.